The molecule has 0 aliphatic rings. The minimum absolute atomic E-state index is 0.0406. The van der Waals surface area contributed by atoms with Gasteiger partial charge in [0.2, 0.25) is 0 Å². The van der Waals surface area contributed by atoms with Crippen molar-refractivity contribution in [2.75, 3.05) is 5.43 Å². The second kappa shape index (κ2) is 7.06. The van der Waals surface area contributed by atoms with Crippen LogP contribution in [0.4, 0.5) is 24.5 Å². The number of nitro benzene ring substituents is 1. The van der Waals surface area contributed by atoms with E-state index in [1.807, 2.05) is 0 Å². The summed E-state index contributed by atoms with van der Waals surface area (Å²) in [6, 6.07) is 7.23. The third kappa shape index (κ3) is 4.15. The third-order valence-corrected chi connectivity index (χ3v) is 3.48. The molecule has 0 radical (unpaired) electrons. The number of alkyl halides is 3. The van der Waals surface area contributed by atoms with Gasteiger partial charge in [-0.2, -0.15) is 18.3 Å². The zero-order valence-electron chi connectivity index (χ0n) is 11.6. The van der Waals surface area contributed by atoms with Crippen LogP contribution in [0.3, 0.4) is 0 Å². The Morgan fingerprint density at radius 3 is 2.29 bits per heavy atom. The number of benzene rings is 2. The number of hydrogen-bond acceptors (Lipinski definition) is 4. The molecule has 1 N–H and O–H groups in total. The first-order valence-electron chi connectivity index (χ1n) is 6.29. The third-order valence-electron chi connectivity index (χ3n) is 2.88. The Kier molecular flexibility index (Phi) is 5.30. The van der Waals surface area contributed by atoms with Crippen molar-refractivity contribution in [3.63, 3.8) is 0 Å². The summed E-state index contributed by atoms with van der Waals surface area (Å²) in [6.45, 7) is 0. The van der Waals surface area contributed by atoms with Gasteiger partial charge in [-0.25, -0.2) is 0 Å². The van der Waals surface area contributed by atoms with Crippen LogP contribution in [0, 0.1) is 10.1 Å². The molecule has 0 aliphatic carbocycles. The second-order valence-electron chi connectivity index (χ2n) is 4.50. The molecule has 0 aromatic heterocycles. The minimum Gasteiger partial charge on any atom is -0.275 e. The summed E-state index contributed by atoms with van der Waals surface area (Å²) in [5, 5.41) is 14.0. The number of para-hydroxylation sites is 1. The summed E-state index contributed by atoms with van der Waals surface area (Å²) in [6.07, 6.45) is -3.44. The zero-order valence-corrected chi connectivity index (χ0v) is 13.2. The van der Waals surface area contributed by atoms with E-state index in [1.165, 1.54) is 18.2 Å². The van der Waals surface area contributed by atoms with Crippen LogP contribution >= 0.6 is 23.2 Å². The van der Waals surface area contributed by atoms with Crippen LogP contribution in [0.1, 0.15) is 11.1 Å². The van der Waals surface area contributed by atoms with Crippen molar-refractivity contribution in [3.05, 3.63) is 67.7 Å². The maximum atomic E-state index is 12.6. The fourth-order valence-corrected chi connectivity index (χ4v) is 2.34. The van der Waals surface area contributed by atoms with Crippen LogP contribution in [0.25, 0.3) is 0 Å². The van der Waals surface area contributed by atoms with Gasteiger partial charge in [-0.3, -0.25) is 15.5 Å². The molecule has 0 aliphatic heterocycles. The summed E-state index contributed by atoms with van der Waals surface area (Å²) in [4.78, 5) is 10.3. The number of halogens is 5. The Morgan fingerprint density at radius 2 is 1.75 bits per heavy atom. The van der Waals surface area contributed by atoms with Crippen molar-refractivity contribution < 1.29 is 18.1 Å². The lowest BCUT2D eigenvalue weighted by atomic mass is 10.2. The van der Waals surface area contributed by atoms with Crippen molar-refractivity contribution in [1.29, 1.82) is 0 Å². The number of hydrogen-bond donors (Lipinski definition) is 1. The first-order chi connectivity index (χ1) is 11.2. The van der Waals surface area contributed by atoms with Gasteiger partial charge in [0.1, 0.15) is 0 Å². The number of hydrazone groups is 1. The largest absolute Gasteiger partial charge is 0.416 e. The van der Waals surface area contributed by atoms with E-state index in [0.29, 0.717) is 12.1 Å². The summed E-state index contributed by atoms with van der Waals surface area (Å²) in [7, 11) is 0. The minimum atomic E-state index is -4.58. The Morgan fingerprint density at radius 1 is 1.17 bits per heavy atom. The van der Waals surface area contributed by atoms with E-state index >= 15 is 0 Å². The highest BCUT2D eigenvalue weighted by molar-refractivity contribution is 6.39. The predicted octanol–water partition coefficient (Wildman–Crippen LogP) is 5.37. The highest BCUT2D eigenvalue weighted by Gasteiger charge is 2.32. The molecule has 2 aromatic carbocycles. The van der Waals surface area contributed by atoms with Gasteiger partial charge in [-0.15, -0.1) is 0 Å². The van der Waals surface area contributed by atoms with Crippen LogP contribution in [-0.4, -0.2) is 11.1 Å². The summed E-state index contributed by atoms with van der Waals surface area (Å²) >= 11 is 11.6. The molecule has 2 aromatic rings. The number of anilines is 1. The predicted molar refractivity (Wildman–Crippen MR) is 85.8 cm³/mol. The maximum Gasteiger partial charge on any atom is 0.416 e. The van der Waals surface area contributed by atoms with Crippen molar-refractivity contribution in [2.24, 2.45) is 5.10 Å². The van der Waals surface area contributed by atoms with Crippen LogP contribution in [-0.2, 0) is 6.18 Å². The maximum absolute atomic E-state index is 12.6. The van der Waals surface area contributed by atoms with Crippen molar-refractivity contribution in [3.8, 4) is 0 Å². The van der Waals surface area contributed by atoms with Crippen molar-refractivity contribution in [2.45, 2.75) is 6.18 Å². The van der Waals surface area contributed by atoms with E-state index in [-0.39, 0.29) is 27.0 Å². The lowest BCUT2D eigenvalue weighted by molar-refractivity contribution is -0.385. The topological polar surface area (TPSA) is 67.5 Å². The first kappa shape index (κ1) is 18.0. The number of nitrogens with zero attached hydrogens (tertiary/aromatic N) is 2. The van der Waals surface area contributed by atoms with E-state index in [1.54, 1.807) is 6.07 Å². The number of nitro groups is 1. The molecule has 126 valence electrons. The molecule has 24 heavy (non-hydrogen) atoms. The monoisotopic (exact) mass is 377 g/mol. The van der Waals surface area contributed by atoms with Gasteiger partial charge < -0.3 is 0 Å². The molecule has 0 fully saturated rings. The van der Waals surface area contributed by atoms with Crippen LogP contribution < -0.4 is 5.43 Å². The molecule has 0 spiro atoms. The molecule has 0 amide bonds. The van der Waals surface area contributed by atoms with Gasteiger partial charge in [-0.05, 0) is 18.2 Å². The van der Waals surface area contributed by atoms with Gasteiger partial charge in [0, 0.05) is 6.07 Å². The molecule has 10 heteroatoms. The fourth-order valence-electron chi connectivity index (χ4n) is 1.77. The van der Waals surface area contributed by atoms with E-state index < -0.39 is 16.7 Å². The molecule has 0 bridgehead atoms. The molecule has 5 nitrogen and oxygen atoms in total. The Hall–Kier alpha value is -2.32. The molecule has 0 unspecified atom stereocenters. The van der Waals surface area contributed by atoms with E-state index in [4.69, 9.17) is 23.2 Å². The van der Waals surface area contributed by atoms with Crippen LogP contribution in [0.5, 0.6) is 0 Å². The second-order valence-corrected chi connectivity index (χ2v) is 5.31. The lowest BCUT2D eigenvalue weighted by Crippen LogP contribution is -2.05. The highest BCUT2D eigenvalue weighted by Crippen LogP contribution is 2.38. The van der Waals surface area contributed by atoms with Gasteiger partial charge in [0.05, 0.1) is 38.0 Å². The number of nitrogens with one attached hydrogen (secondary N) is 1. The standard InChI is InChI=1S/C14H8Cl2F3N3O2/c15-10-5-9(14(17,18)19)6-11(16)13(10)21-20-7-8-3-1-2-4-12(8)22(23)24/h1-7,21H. The van der Waals surface area contributed by atoms with Gasteiger partial charge >= 0.3 is 6.18 Å². The Labute approximate surface area is 143 Å². The highest BCUT2D eigenvalue weighted by atomic mass is 35.5. The Bertz CT molecular complexity index is 787. The summed E-state index contributed by atoms with van der Waals surface area (Å²) < 4.78 is 37.9. The van der Waals surface area contributed by atoms with Crippen LogP contribution in [0.2, 0.25) is 10.0 Å². The fraction of sp³-hybridized carbons (Fsp3) is 0.0714. The number of rotatable bonds is 4. The van der Waals surface area contributed by atoms with Gasteiger partial charge in [-0.1, -0.05) is 35.3 Å². The van der Waals surface area contributed by atoms with E-state index in [9.17, 15) is 23.3 Å². The van der Waals surface area contributed by atoms with E-state index in [0.717, 1.165) is 6.21 Å². The normalized spacial score (nSPS) is 11.7. The molecular weight excluding hydrogens is 370 g/mol. The average Bonchev–Trinajstić information content (AvgIpc) is 2.49. The lowest BCUT2D eigenvalue weighted by Gasteiger charge is -2.11. The molecule has 0 saturated carbocycles. The average molecular weight is 378 g/mol. The molecule has 0 heterocycles. The van der Waals surface area contributed by atoms with Crippen LogP contribution in [0.15, 0.2) is 41.5 Å². The summed E-state index contributed by atoms with van der Waals surface area (Å²) in [5.74, 6) is 0. The molecule has 0 saturated heterocycles. The molecule has 0 atom stereocenters. The van der Waals surface area contributed by atoms with Gasteiger partial charge in [0.25, 0.3) is 5.69 Å². The quantitative estimate of drug-likeness (QED) is 0.442. The van der Waals surface area contributed by atoms with Gasteiger partial charge in [0.15, 0.2) is 0 Å². The van der Waals surface area contributed by atoms with E-state index in [2.05, 4.69) is 10.5 Å². The van der Waals surface area contributed by atoms with Crippen molar-refractivity contribution in [1.82, 2.24) is 0 Å². The molecule has 2 rings (SSSR count). The summed E-state index contributed by atoms with van der Waals surface area (Å²) in [5.41, 5.74) is 1.38. The Balaban J connectivity index is 2.26. The SMILES string of the molecule is O=[N+]([O-])c1ccccc1C=NNc1c(Cl)cc(C(F)(F)F)cc1Cl. The van der Waals surface area contributed by atoms with Crippen molar-refractivity contribution >= 4 is 40.8 Å². The smallest absolute Gasteiger partial charge is 0.275 e. The molecular formula is C14H8Cl2F3N3O2. The first-order valence-corrected chi connectivity index (χ1v) is 7.04. The zero-order chi connectivity index (χ0) is 17.9.